The van der Waals surface area contributed by atoms with E-state index in [2.05, 4.69) is 20.5 Å². The molecule has 2 bridgehead atoms. The number of aromatic hydroxyl groups is 1. The van der Waals surface area contributed by atoms with Crippen molar-refractivity contribution in [3.63, 3.8) is 0 Å². The first-order valence-corrected chi connectivity index (χ1v) is 11.3. The van der Waals surface area contributed by atoms with Crippen LogP contribution in [-0.4, -0.2) is 56.2 Å². The van der Waals surface area contributed by atoms with Crippen molar-refractivity contribution in [2.75, 3.05) is 11.9 Å². The van der Waals surface area contributed by atoms with Crippen LogP contribution in [0.4, 0.5) is 14.6 Å². The van der Waals surface area contributed by atoms with Gasteiger partial charge in [0.15, 0.2) is 17.6 Å². The standard InChI is InChI=1S/C24H26F2N6O2/c1-31(18-11-15-4-3-5-17(28-15)23(18)26)21-12-27-24(30-29-21)16-7-6-13(8-19(16)33)14-9-20(25)32(2)22(34)10-14/h6-10,12,15,17-18,23,28,33H,3-5,11H2,1-2H3/t15-,17-,18-,23+/m1/s1. The minimum Gasteiger partial charge on any atom is -0.507 e. The maximum Gasteiger partial charge on any atom is 0.253 e. The first kappa shape index (κ1) is 22.4. The van der Waals surface area contributed by atoms with E-state index >= 15 is 4.39 Å². The minimum absolute atomic E-state index is 0.128. The lowest BCUT2D eigenvalue weighted by Gasteiger charge is -2.45. The highest BCUT2D eigenvalue weighted by molar-refractivity contribution is 5.72. The molecule has 2 aliphatic heterocycles. The van der Waals surface area contributed by atoms with Gasteiger partial charge in [0.1, 0.15) is 11.9 Å². The molecule has 0 amide bonds. The molecule has 178 valence electrons. The lowest BCUT2D eigenvalue weighted by Crippen LogP contribution is -2.61. The van der Waals surface area contributed by atoms with Crippen molar-refractivity contribution in [3.8, 4) is 28.3 Å². The largest absolute Gasteiger partial charge is 0.507 e. The second-order valence-electron chi connectivity index (χ2n) is 9.10. The van der Waals surface area contributed by atoms with Crippen LogP contribution in [0.3, 0.4) is 0 Å². The van der Waals surface area contributed by atoms with Crippen molar-refractivity contribution in [3.05, 3.63) is 52.8 Å². The molecule has 0 saturated carbocycles. The second-order valence-corrected chi connectivity index (χ2v) is 9.10. The molecule has 0 radical (unpaired) electrons. The zero-order chi connectivity index (χ0) is 24.0. The number of nitrogens with zero attached hydrogens (tertiary/aromatic N) is 5. The molecular formula is C24H26F2N6O2. The molecule has 2 aliphatic rings. The van der Waals surface area contributed by atoms with E-state index in [0.717, 1.165) is 23.8 Å². The number of alkyl halides is 1. The monoisotopic (exact) mass is 468 g/mol. The molecule has 2 N–H and O–H groups in total. The Bertz CT molecular complexity index is 1270. The maximum absolute atomic E-state index is 15.1. The Balaban J connectivity index is 1.37. The Morgan fingerprint density at radius 2 is 2.00 bits per heavy atom. The number of rotatable bonds is 4. The summed E-state index contributed by atoms with van der Waals surface area (Å²) in [6.07, 6.45) is 4.16. The Labute approximate surface area is 195 Å². The van der Waals surface area contributed by atoms with Crippen molar-refractivity contribution < 1.29 is 13.9 Å². The summed E-state index contributed by atoms with van der Waals surface area (Å²) in [6.45, 7) is 0. The highest BCUT2D eigenvalue weighted by Crippen LogP contribution is 2.33. The van der Waals surface area contributed by atoms with Gasteiger partial charge in [-0.05, 0) is 48.6 Å². The van der Waals surface area contributed by atoms with E-state index < -0.39 is 17.7 Å². The number of benzene rings is 1. The van der Waals surface area contributed by atoms with Gasteiger partial charge in [-0.3, -0.25) is 9.36 Å². The predicted octanol–water partition coefficient (Wildman–Crippen LogP) is 2.81. The average molecular weight is 469 g/mol. The van der Waals surface area contributed by atoms with Gasteiger partial charge in [0.2, 0.25) is 0 Å². The van der Waals surface area contributed by atoms with Crippen molar-refractivity contribution in [1.82, 2.24) is 25.1 Å². The molecule has 34 heavy (non-hydrogen) atoms. The number of piperidine rings is 2. The number of phenolic OH excluding ortho intramolecular Hbond substituents is 1. The molecule has 0 unspecified atom stereocenters. The molecule has 0 spiro atoms. The molecule has 2 aromatic heterocycles. The molecule has 10 heteroatoms. The summed E-state index contributed by atoms with van der Waals surface area (Å²) in [5, 5.41) is 22.3. The van der Waals surface area contributed by atoms with Crippen molar-refractivity contribution in [1.29, 1.82) is 0 Å². The van der Waals surface area contributed by atoms with E-state index in [1.807, 2.05) is 0 Å². The van der Waals surface area contributed by atoms with Crippen LogP contribution in [0.5, 0.6) is 5.75 Å². The van der Waals surface area contributed by atoms with Gasteiger partial charge < -0.3 is 15.3 Å². The summed E-state index contributed by atoms with van der Waals surface area (Å²) in [5.41, 5.74) is 0.687. The van der Waals surface area contributed by atoms with Gasteiger partial charge in [0.25, 0.3) is 5.56 Å². The van der Waals surface area contributed by atoms with Gasteiger partial charge in [-0.25, -0.2) is 9.37 Å². The van der Waals surface area contributed by atoms with Crippen LogP contribution in [-0.2, 0) is 7.05 Å². The Morgan fingerprint density at radius 1 is 1.18 bits per heavy atom. The molecule has 0 aliphatic carbocycles. The molecule has 2 saturated heterocycles. The second kappa shape index (κ2) is 8.75. The zero-order valence-corrected chi connectivity index (χ0v) is 18.9. The van der Waals surface area contributed by atoms with Crippen molar-refractivity contribution in [2.24, 2.45) is 7.05 Å². The maximum atomic E-state index is 15.1. The molecule has 8 nitrogen and oxygen atoms in total. The topological polar surface area (TPSA) is 96.2 Å². The number of hydrogen-bond acceptors (Lipinski definition) is 7. The molecule has 3 aromatic rings. The molecule has 5 rings (SSSR count). The quantitative estimate of drug-likeness (QED) is 0.569. The molecule has 4 heterocycles. The Morgan fingerprint density at radius 3 is 2.71 bits per heavy atom. The number of aromatic nitrogens is 4. The highest BCUT2D eigenvalue weighted by Gasteiger charge is 2.42. The predicted molar refractivity (Wildman–Crippen MR) is 124 cm³/mol. The summed E-state index contributed by atoms with van der Waals surface area (Å²) < 4.78 is 29.9. The van der Waals surface area contributed by atoms with Crippen LogP contribution in [0.15, 0.2) is 41.3 Å². The first-order chi connectivity index (χ1) is 16.3. The van der Waals surface area contributed by atoms with Gasteiger partial charge >= 0.3 is 0 Å². The molecule has 1 aromatic carbocycles. The van der Waals surface area contributed by atoms with Gasteiger partial charge in [0, 0.05) is 32.2 Å². The van der Waals surface area contributed by atoms with E-state index in [1.165, 1.54) is 31.4 Å². The Hall–Kier alpha value is -3.40. The summed E-state index contributed by atoms with van der Waals surface area (Å²) in [4.78, 5) is 18.0. The third-order valence-electron chi connectivity index (χ3n) is 6.98. The lowest BCUT2D eigenvalue weighted by atomic mass is 9.82. The number of halogens is 2. The van der Waals surface area contributed by atoms with Gasteiger partial charge in [-0.15, -0.1) is 10.2 Å². The van der Waals surface area contributed by atoms with Crippen LogP contribution in [0, 0.1) is 5.95 Å². The van der Waals surface area contributed by atoms with Crippen molar-refractivity contribution >= 4 is 5.82 Å². The van der Waals surface area contributed by atoms with E-state index in [1.54, 1.807) is 24.1 Å². The fourth-order valence-electron chi connectivity index (χ4n) is 4.94. The highest BCUT2D eigenvalue weighted by atomic mass is 19.1. The molecular weight excluding hydrogens is 442 g/mol. The average Bonchev–Trinajstić information content (AvgIpc) is 2.84. The normalized spacial score (nSPS) is 24.1. The van der Waals surface area contributed by atoms with Crippen LogP contribution >= 0.6 is 0 Å². The fraction of sp³-hybridized carbons (Fsp3) is 0.417. The number of anilines is 1. The first-order valence-electron chi connectivity index (χ1n) is 11.3. The summed E-state index contributed by atoms with van der Waals surface area (Å²) in [5.74, 6) is -0.138. The third-order valence-corrected chi connectivity index (χ3v) is 6.98. The Kier molecular flexibility index (Phi) is 5.76. The lowest BCUT2D eigenvalue weighted by molar-refractivity contribution is 0.107. The van der Waals surface area contributed by atoms with Crippen LogP contribution in [0.25, 0.3) is 22.5 Å². The smallest absolute Gasteiger partial charge is 0.253 e. The van der Waals surface area contributed by atoms with Crippen LogP contribution in [0.1, 0.15) is 25.7 Å². The summed E-state index contributed by atoms with van der Waals surface area (Å²) in [7, 11) is 3.15. The summed E-state index contributed by atoms with van der Waals surface area (Å²) >= 11 is 0. The van der Waals surface area contributed by atoms with Crippen LogP contribution in [0.2, 0.25) is 0 Å². The zero-order valence-electron chi connectivity index (χ0n) is 18.9. The van der Waals surface area contributed by atoms with Crippen LogP contribution < -0.4 is 15.8 Å². The number of phenols is 1. The van der Waals surface area contributed by atoms with E-state index in [0.29, 0.717) is 35.0 Å². The van der Waals surface area contributed by atoms with E-state index in [-0.39, 0.29) is 23.7 Å². The number of fused-ring (bicyclic) bond motifs is 2. The van der Waals surface area contributed by atoms with Gasteiger partial charge in [-0.2, -0.15) is 4.39 Å². The van der Waals surface area contributed by atoms with Gasteiger partial charge in [0.05, 0.1) is 17.8 Å². The van der Waals surface area contributed by atoms with E-state index in [4.69, 9.17) is 0 Å². The summed E-state index contributed by atoms with van der Waals surface area (Å²) in [6, 6.07) is 7.07. The van der Waals surface area contributed by atoms with E-state index in [9.17, 15) is 14.3 Å². The fourth-order valence-corrected chi connectivity index (χ4v) is 4.94. The number of pyridine rings is 1. The molecule has 4 atom stereocenters. The third kappa shape index (κ3) is 4.02. The minimum atomic E-state index is -1.00. The van der Waals surface area contributed by atoms with Crippen molar-refractivity contribution in [2.45, 2.75) is 50.0 Å². The van der Waals surface area contributed by atoms with Gasteiger partial charge in [-0.1, -0.05) is 12.5 Å². The number of hydrogen-bond donors (Lipinski definition) is 2. The molecule has 2 fully saturated rings. The number of nitrogens with one attached hydrogen (secondary N) is 1. The SMILES string of the molecule is CN(c1cnc(-c2ccc(-c3cc(F)n(C)c(=O)c3)cc2O)nn1)[C@@H]1C[C@H]2CCC[C@@H](N2)[C@@H]1F.